The minimum atomic E-state index is 0.452. The number of rotatable bonds is 7. The minimum absolute atomic E-state index is 0.452. The monoisotopic (exact) mass is 271 g/mol. The molecule has 0 fully saturated rings. The van der Waals surface area contributed by atoms with E-state index < -0.39 is 0 Å². The molecule has 0 aliphatic heterocycles. The number of aromatic nitrogens is 1. The molecule has 1 aromatic heterocycles. The highest BCUT2D eigenvalue weighted by atomic mass is 35.5. The zero-order valence-electron chi connectivity index (χ0n) is 11.5. The second-order valence-corrected chi connectivity index (χ2v) is 5.01. The molecule has 0 aliphatic rings. The van der Waals surface area contributed by atoms with E-state index in [0.717, 1.165) is 24.5 Å². The van der Waals surface area contributed by atoms with Gasteiger partial charge in [-0.1, -0.05) is 25.4 Å². The topological polar surface area (TPSA) is 37.4 Å². The number of ether oxygens (including phenoxy) is 1. The lowest BCUT2D eigenvalue weighted by Gasteiger charge is -2.19. The molecular weight excluding hydrogens is 250 g/mol. The van der Waals surface area contributed by atoms with E-state index in [0.29, 0.717) is 17.7 Å². The molecule has 5 heteroatoms. The van der Waals surface area contributed by atoms with Crippen molar-refractivity contribution < 1.29 is 4.74 Å². The lowest BCUT2D eigenvalue weighted by molar-refractivity contribution is 0.206. The maximum Gasteiger partial charge on any atom is 0.147 e. The number of halogens is 1. The highest BCUT2D eigenvalue weighted by molar-refractivity contribution is 6.33. The summed E-state index contributed by atoms with van der Waals surface area (Å²) in [4.78, 5) is 6.40. The van der Waals surface area contributed by atoms with Crippen molar-refractivity contribution in [3.8, 4) is 0 Å². The third kappa shape index (κ3) is 4.80. The van der Waals surface area contributed by atoms with Gasteiger partial charge in [0.25, 0.3) is 0 Å². The molecule has 0 aromatic carbocycles. The van der Waals surface area contributed by atoms with E-state index in [1.807, 2.05) is 24.2 Å². The van der Waals surface area contributed by atoms with Gasteiger partial charge in [-0.15, -0.1) is 0 Å². The van der Waals surface area contributed by atoms with Crippen molar-refractivity contribution in [1.29, 1.82) is 0 Å². The van der Waals surface area contributed by atoms with Crippen LogP contribution in [0.5, 0.6) is 0 Å². The van der Waals surface area contributed by atoms with E-state index in [1.165, 1.54) is 0 Å². The third-order valence-electron chi connectivity index (χ3n) is 2.59. The van der Waals surface area contributed by atoms with Crippen molar-refractivity contribution in [1.82, 2.24) is 10.3 Å². The van der Waals surface area contributed by atoms with Crippen LogP contribution in [0.15, 0.2) is 12.3 Å². The van der Waals surface area contributed by atoms with Crippen molar-refractivity contribution in [3.05, 3.63) is 22.8 Å². The Kier molecular flexibility index (Phi) is 6.39. The van der Waals surface area contributed by atoms with Crippen LogP contribution in [0.2, 0.25) is 5.02 Å². The highest BCUT2D eigenvalue weighted by Crippen LogP contribution is 2.22. The van der Waals surface area contributed by atoms with Crippen molar-refractivity contribution in [2.75, 3.05) is 32.2 Å². The highest BCUT2D eigenvalue weighted by Gasteiger charge is 2.08. The Balaban J connectivity index is 2.66. The fourth-order valence-electron chi connectivity index (χ4n) is 1.50. The molecule has 1 N–H and O–H groups in total. The van der Waals surface area contributed by atoms with Gasteiger partial charge in [0.2, 0.25) is 0 Å². The molecule has 0 unspecified atom stereocenters. The van der Waals surface area contributed by atoms with Crippen LogP contribution in [0.1, 0.15) is 19.4 Å². The van der Waals surface area contributed by atoms with Crippen molar-refractivity contribution >= 4 is 17.4 Å². The number of nitrogens with one attached hydrogen (secondary N) is 1. The molecule has 0 bridgehead atoms. The van der Waals surface area contributed by atoms with Crippen LogP contribution in [-0.2, 0) is 11.3 Å². The minimum Gasteiger partial charge on any atom is -0.383 e. The molecule has 18 heavy (non-hydrogen) atoms. The molecule has 1 aromatic rings. The zero-order chi connectivity index (χ0) is 13.5. The Bertz CT molecular complexity index is 371. The first-order valence-electron chi connectivity index (χ1n) is 6.12. The van der Waals surface area contributed by atoms with Crippen LogP contribution in [0, 0.1) is 0 Å². The number of likely N-dealkylation sites (N-methyl/N-ethyl adjacent to an activating group) is 1. The summed E-state index contributed by atoms with van der Waals surface area (Å²) in [6.07, 6.45) is 1.86. The summed E-state index contributed by atoms with van der Waals surface area (Å²) in [6, 6.07) is 2.41. The van der Waals surface area contributed by atoms with E-state index in [9.17, 15) is 0 Å². The van der Waals surface area contributed by atoms with Crippen LogP contribution >= 0.6 is 11.6 Å². The zero-order valence-corrected chi connectivity index (χ0v) is 12.3. The first kappa shape index (κ1) is 15.2. The SMILES string of the molecule is COCCN(C)c1ncc(CNC(C)C)cc1Cl. The van der Waals surface area contributed by atoms with E-state index in [1.54, 1.807) is 7.11 Å². The van der Waals surface area contributed by atoms with Gasteiger partial charge in [-0.25, -0.2) is 4.98 Å². The number of pyridine rings is 1. The normalized spacial score (nSPS) is 11.0. The molecule has 0 saturated carbocycles. The molecule has 4 nitrogen and oxygen atoms in total. The molecule has 0 amide bonds. The molecule has 0 radical (unpaired) electrons. The van der Waals surface area contributed by atoms with Gasteiger partial charge in [0.15, 0.2) is 0 Å². The molecule has 102 valence electrons. The van der Waals surface area contributed by atoms with Gasteiger partial charge in [0, 0.05) is 39.5 Å². The van der Waals surface area contributed by atoms with Crippen LogP contribution in [0.4, 0.5) is 5.82 Å². The number of nitrogens with zero attached hydrogens (tertiary/aromatic N) is 2. The first-order chi connectivity index (χ1) is 8.54. The van der Waals surface area contributed by atoms with Crippen LogP contribution in [0.3, 0.4) is 0 Å². The van der Waals surface area contributed by atoms with E-state index in [4.69, 9.17) is 16.3 Å². The number of hydrogen-bond acceptors (Lipinski definition) is 4. The molecule has 0 spiro atoms. The quantitative estimate of drug-likeness (QED) is 0.826. The number of anilines is 1. The summed E-state index contributed by atoms with van der Waals surface area (Å²) in [5, 5.41) is 4.02. The second-order valence-electron chi connectivity index (χ2n) is 4.60. The molecule has 1 rings (SSSR count). The van der Waals surface area contributed by atoms with Gasteiger partial charge in [0.05, 0.1) is 11.6 Å². The van der Waals surface area contributed by atoms with Gasteiger partial charge >= 0.3 is 0 Å². The average Bonchev–Trinajstić information content (AvgIpc) is 2.33. The lowest BCUT2D eigenvalue weighted by atomic mass is 10.2. The Hall–Kier alpha value is -0.840. The van der Waals surface area contributed by atoms with Crippen molar-refractivity contribution in [3.63, 3.8) is 0 Å². The van der Waals surface area contributed by atoms with Gasteiger partial charge < -0.3 is 15.0 Å². The number of hydrogen-bond donors (Lipinski definition) is 1. The summed E-state index contributed by atoms with van der Waals surface area (Å²) in [5.74, 6) is 0.794. The fraction of sp³-hybridized carbons (Fsp3) is 0.615. The Labute approximate surface area is 114 Å². The fourth-order valence-corrected chi connectivity index (χ4v) is 1.84. The van der Waals surface area contributed by atoms with Crippen LogP contribution < -0.4 is 10.2 Å². The largest absolute Gasteiger partial charge is 0.383 e. The van der Waals surface area contributed by atoms with Gasteiger partial charge in [-0.2, -0.15) is 0 Å². The Morgan fingerprint density at radius 3 is 2.78 bits per heavy atom. The first-order valence-corrected chi connectivity index (χ1v) is 6.50. The smallest absolute Gasteiger partial charge is 0.147 e. The molecular formula is C13H22ClN3O. The Morgan fingerprint density at radius 2 is 2.22 bits per heavy atom. The van der Waals surface area contributed by atoms with Crippen LogP contribution in [0.25, 0.3) is 0 Å². The molecule has 0 atom stereocenters. The lowest BCUT2D eigenvalue weighted by Crippen LogP contribution is -2.24. The van der Waals surface area contributed by atoms with Crippen LogP contribution in [-0.4, -0.2) is 38.3 Å². The Morgan fingerprint density at radius 1 is 1.50 bits per heavy atom. The average molecular weight is 272 g/mol. The summed E-state index contributed by atoms with van der Waals surface area (Å²) in [7, 11) is 3.64. The summed E-state index contributed by atoms with van der Waals surface area (Å²) < 4.78 is 5.04. The van der Waals surface area contributed by atoms with Gasteiger partial charge in [-0.3, -0.25) is 0 Å². The van der Waals surface area contributed by atoms with Crippen molar-refractivity contribution in [2.24, 2.45) is 0 Å². The number of methoxy groups -OCH3 is 1. The predicted molar refractivity (Wildman–Crippen MR) is 76.4 cm³/mol. The summed E-state index contributed by atoms with van der Waals surface area (Å²) in [6.45, 7) is 6.44. The summed E-state index contributed by atoms with van der Waals surface area (Å²) >= 11 is 6.25. The molecule has 0 saturated heterocycles. The standard InChI is InChI=1S/C13H22ClN3O/c1-10(2)15-8-11-7-12(14)13(16-9-11)17(3)5-6-18-4/h7,9-10,15H,5-6,8H2,1-4H3. The molecule has 0 aliphatic carbocycles. The van der Waals surface area contributed by atoms with E-state index in [-0.39, 0.29) is 0 Å². The van der Waals surface area contributed by atoms with E-state index in [2.05, 4.69) is 24.1 Å². The van der Waals surface area contributed by atoms with Crippen molar-refractivity contribution in [2.45, 2.75) is 26.4 Å². The maximum atomic E-state index is 6.25. The maximum absolute atomic E-state index is 6.25. The van der Waals surface area contributed by atoms with E-state index >= 15 is 0 Å². The third-order valence-corrected chi connectivity index (χ3v) is 2.86. The predicted octanol–water partition coefficient (Wildman–Crippen LogP) is 2.32. The summed E-state index contributed by atoms with van der Waals surface area (Å²) in [5.41, 5.74) is 1.09. The van der Waals surface area contributed by atoms with Gasteiger partial charge in [-0.05, 0) is 11.6 Å². The second kappa shape index (κ2) is 7.56. The molecule has 1 heterocycles. The van der Waals surface area contributed by atoms with Gasteiger partial charge in [0.1, 0.15) is 5.82 Å².